The van der Waals surface area contributed by atoms with Gasteiger partial charge in [-0.25, -0.2) is 9.98 Å². The summed E-state index contributed by atoms with van der Waals surface area (Å²) in [6, 6.07) is 14.4. The van der Waals surface area contributed by atoms with Crippen molar-refractivity contribution < 1.29 is 0 Å². The molecule has 0 N–H and O–H groups in total. The van der Waals surface area contributed by atoms with E-state index in [1.165, 1.54) is 5.56 Å². The molecule has 0 aromatic heterocycles. The van der Waals surface area contributed by atoms with Gasteiger partial charge in [0, 0.05) is 11.6 Å². The Balaban J connectivity index is 1.58. The molecular formula is C16H12N4. The minimum Gasteiger partial charge on any atom is -0.231 e. The molecule has 0 aliphatic carbocycles. The summed E-state index contributed by atoms with van der Waals surface area (Å²) in [5.41, 5.74) is 3.12. The lowest BCUT2D eigenvalue weighted by Crippen LogP contribution is -2.06. The van der Waals surface area contributed by atoms with Crippen molar-refractivity contribution in [3.05, 3.63) is 58.6 Å². The average molecular weight is 260 g/mol. The monoisotopic (exact) mass is 260 g/mol. The maximum Gasteiger partial charge on any atom is 0.130 e. The van der Waals surface area contributed by atoms with E-state index in [0.717, 1.165) is 40.6 Å². The highest BCUT2D eigenvalue weighted by Gasteiger charge is 2.11. The van der Waals surface area contributed by atoms with Crippen molar-refractivity contribution in [2.45, 2.75) is 12.8 Å². The Morgan fingerprint density at radius 2 is 1.75 bits per heavy atom. The highest BCUT2D eigenvalue weighted by Crippen LogP contribution is 2.17. The maximum atomic E-state index is 4.59. The highest BCUT2D eigenvalue weighted by atomic mass is 15.1. The lowest BCUT2D eigenvalue weighted by Gasteiger charge is -1.98. The molecule has 4 rings (SSSR count). The van der Waals surface area contributed by atoms with Crippen LogP contribution in [0.1, 0.15) is 12.0 Å². The van der Waals surface area contributed by atoms with Gasteiger partial charge in [-0.1, -0.05) is 30.3 Å². The molecule has 0 unspecified atom stereocenters. The van der Waals surface area contributed by atoms with Crippen LogP contribution in [0.3, 0.4) is 0 Å². The number of rotatable bonds is 3. The second kappa shape index (κ2) is 4.49. The molecule has 20 heavy (non-hydrogen) atoms. The molecule has 0 saturated carbocycles. The third-order valence-corrected chi connectivity index (χ3v) is 3.47. The smallest absolute Gasteiger partial charge is 0.130 e. The molecule has 2 aliphatic rings. The molecule has 96 valence electrons. The summed E-state index contributed by atoms with van der Waals surface area (Å²) in [6.45, 7) is 0. The zero-order valence-electron chi connectivity index (χ0n) is 10.8. The van der Waals surface area contributed by atoms with E-state index in [1.807, 2.05) is 18.2 Å². The van der Waals surface area contributed by atoms with Gasteiger partial charge < -0.3 is 0 Å². The fourth-order valence-electron chi connectivity index (χ4n) is 2.42. The van der Waals surface area contributed by atoms with E-state index in [2.05, 4.69) is 44.5 Å². The molecule has 0 saturated heterocycles. The highest BCUT2D eigenvalue weighted by molar-refractivity contribution is 5.88. The first-order valence-corrected chi connectivity index (χ1v) is 6.64. The predicted octanol–water partition coefficient (Wildman–Crippen LogP) is 2.82. The van der Waals surface area contributed by atoms with Crippen molar-refractivity contribution >= 4 is 23.4 Å². The number of aryl methyl sites for hydroxylation is 1. The first-order valence-electron chi connectivity index (χ1n) is 6.64. The molecular weight excluding hydrogens is 248 g/mol. The molecule has 4 nitrogen and oxygen atoms in total. The van der Waals surface area contributed by atoms with Crippen molar-refractivity contribution in [3.63, 3.8) is 0 Å². The normalized spacial score (nSPS) is 14.3. The molecule has 2 heterocycles. The SMILES string of the molecule is C1=c2cc3c(cc2N=N1)=NC(CCc1ccccc1)=N3. The van der Waals surface area contributed by atoms with Crippen LogP contribution in [0.5, 0.6) is 0 Å². The Morgan fingerprint density at radius 1 is 0.850 bits per heavy atom. The summed E-state index contributed by atoms with van der Waals surface area (Å²) in [4.78, 5) is 9.17. The van der Waals surface area contributed by atoms with Crippen molar-refractivity contribution in [1.29, 1.82) is 0 Å². The van der Waals surface area contributed by atoms with Crippen molar-refractivity contribution in [3.8, 4) is 0 Å². The van der Waals surface area contributed by atoms with E-state index >= 15 is 0 Å². The van der Waals surface area contributed by atoms with Gasteiger partial charge in [0.25, 0.3) is 0 Å². The van der Waals surface area contributed by atoms with Gasteiger partial charge in [-0.05, 0) is 24.1 Å². The van der Waals surface area contributed by atoms with Gasteiger partial charge in [0.05, 0.1) is 22.9 Å². The van der Waals surface area contributed by atoms with Crippen LogP contribution < -0.4 is 10.6 Å². The van der Waals surface area contributed by atoms with Crippen LogP contribution in [-0.2, 0) is 6.42 Å². The third-order valence-electron chi connectivity index (χ3n) is 3.47. The summed E-state index contributed by atoms with van der Waals surface area (Å²) in [6.07, 6.45) is 3.57. The number of benzene rings is 2. The van der Waals surface area contributed by atoms with Gasteiger partial charge in [0.15, 0.2) is 0 Å². The fourth-order valence-corrected chi connectivity index (χ4v) is 2.42. The van der Waals surface area contributed by atoms with Gasteiger partial charge in [-0.15, -0.1) is 0 Å². The predicted molar refractivity (Wildman–Crippen MR) is 78.1 cm³/mol. The van der Waals surface area contributed by atoms with Crippen LogP contribution in [0.15, 0.2) is 62.7 Å². The number of azo groups is 1. The Bertz CT molecular complexity index is 848. The molecule has 2 aliphatic heterocycles. The topological polar surface area (TPSA) is 49.4 Å². The van der Waals surface area contributed by atoms with Gasteiger partial charge in [-0.3, -0.25) is 0 Å². The van der Waals surface area contributed by atoms with E-state index in [1.54, 1.807) is 6.20 Å². The van der Waals surface area contributed by atoms with Gasteiger partial charge >= 0.3 is 0 Å². The van der Waals surface area contributed by atoms with E-state index in [9.17, 15) is 0 Å². The number of hydrogen-bond acceptors (Lipinski definition) is 4. The molecule has 0 spiro atoms. The Kier molecular flexibility index (Phi) is 2.52. The third kappa shape index (κ3) is 1.95. The Morgan fingerprint density at radius 3 is 2.65 bits per heavy atom. The molecule has 2 aromatic carbocycles. The zero-order valence-corrected chi connectivity index (χ0v) is 10.8. The van der Waals surface area contributed by atoms with Gasteiger partial charge in [0.2, 0.25) is 0 Å². The lowest BCUT2D eigenvalue weighted by molar-refractivity contribution is 1.03. The number of fused-ring (bicyclic) bond motifs is 2. The number of amidine groups is 1. The molecule has 0 radical (unpaired) electrons. The average Bonchev–Trinajstić information content (AvgIpc) is 3.08. The second-order valence-electron chi connectivity index (χ2n) is 4.87. The molecule has 0 atom stereocenters. The maximum absolute atomic E-state index is 4.59. The summed E-state index contributed by atoms with van der Waals surface area (Å²) < 4.78 is 0. The summed E-state index contributed by atoms with van der Waals surface area (Å²) in [5.74, 6) is 0.893. The Labute approximate surface area is 115 Å². The zero-order chi connectivity index (χ0) is 13.4. The first kappa shape index (κ1) is 11.2. The lowest BCUT2D eigenvalue weighted by atomic mass is 10.1. The second-order valence-corrected chi connectivity index (χ2v) is 4.87. The summed E-state index contributed by atoms with van der Waals surface area (Å²) in [7, 11) is 0. The van der Waals surface area contributed by atoms with E-state index in [0.29, 0.717) is 0 Å². The molecule has 0 bridgehead atoms. The number of hydrogen-bond donors (Lipinski definition) is 0. The number of nitrogens with zero attached hydrogens (tertiary/aromatic N) is 4. The molecule has 4 heteroatoms. The van der Waals surface area contributed by atoms with Crippen molar-refractivity contribution in [1.82, 2.24) is 0 Å². The molecule has 0 fully saturated rings. The van der Waals surface area contributed by atoms with Crippen molar-refractivity contribution in [2.24, 2.45) is 20.2 Å². The molecule has 2 aromatic rings. The summed E-state index contributed by atoms with van der Waals surface area (Å²) >= 11 is 0. The van der Waals surface area contributed by atoms with Crippen LogP contribution >= 0.6 is 0 Å². The minimum atomic E-state index is 0.856. The fraction of sp³-hybridized carbons (Fsp3) is 0.125. The van der Waals surface area contributed by atoms with E-state index < -0.39 is 0 Å². The van der Waals surface area contributed by atoms with Crippen LogP contribution in [0.4, 0.5) is 11.4 Å². The van der Waals surface area contributed by atoms with E-state index in [-0.39, 0.29) is 0 Å². The number of aliphatic imine (C=N–C) groups is 1. The van der Waals surface area contributed by atoms with Crippen LogP contribution in [-0.4, -0.2) is 5.84 Å². The minimum absolute atomic E-state index is 0.856. The quantitative estimate of drug-likeness (QED) is 0.815. The largest absolute Gasteiger partial charge is 0.231 e. The van der Waals surface area contributed by atoms with Crippen LogP contribution in [0.2, 0.25) is 0 Å². The van der Waals surface area contributed by atoms with Crippen LogP contribution in [0, 0.1) is 0 Å². The van der Waals surface area contributed by atoms with Gasteiger partial charge in [-0.2, -0.15) is 10.2 Å². The standard InChI is InChI=1S/C16H12N4/c1-2-4-11(5-3-1)6-7-16-18-14-8-12-10-17-20-13(12)9-15(14)19-16/h1-5,8-10H,6-7H2. The van der Waals surface area contributed by atoms with Crippen LogP contribution in [0.25, 0.3) is 6.20 Å². The summed E-state index contributed by atoms with van der Waals surface area (Å²) in [5, 5.41) is 9.87. The van der Waals surface area contributed by atoms with E-state index in [4.69, 9.17) is 0 Å². The van der Waals surface area contributed by atoms with Gasteiger partial charge in [0.1, 0.15) is 5.84 Å². The molecule has 0 amide bonds. The Hall–Kier alpha value is -2.62. The first-order chi connectivity index (χ1) is 9.88. The van der Waals surface area contributed by atoms with Crippen molar-refractivity contribution in [2.75, 3.05) is 0 Å².